The number of benzene rings is 2. The van der Waals surface area contributed by atoms with Crippen molar-refractivity contribution >= 4 is 0 Å². The predicted octanol–water partition coefficient (Wildman–Crippen LogP) is 4.71. The van der Waals surface area contributed by atoms with Gasteiger partial charge in [-0.2, -0.15) is 0 Å². The van der Waals surface area contributed by atoms with Gasteiger partial charge in [0.25, 0.3) is 5.56 Å². The molecule has 0 aliphatic carbocycles. The van der Waals surface area contributed by atoms with Crippen LogP contribution >= 0.6 is 0 Å². The molecular weight excluding hydrogens is 327 g/mol. The van der Waals surface area contributed by atoms with Gasteiger partial charge >= 0.3 is 0 Å². The van der Waals surface area contributed by atoms with E-state index in [1.54, 1.807) is 24.5 Å². The Kier molecular flexibility index (Phi) is 4.15. The minimum absolute atomic E-state index is 0.164. The Morgan fingerprint density at radius 1 is 0.808 bits per heavy atom. The Labute approximate surface area is 150 Å². The second-order valence-electron chi connectivity index (χ2n) is 5.88. The van der Waals surface area contributed by atoms with Crippen molar-refractivity contribution in [1.29, 1.82) is 0 Å². The molecule has 2 aromatic heterocycles. The Morgan fingerprint density at radius 2 is 1.54 bits per heavy atom. The summed E-state index contributed by atoms with van der Waals surface area (Å²) >= 11 is 0. The largest absolute Gasteiger partial charge is 0.283 e. The molecule has 4 rings (SSSR count). The molecule has 0 unspecified atom stereocenters. The van der Waals surface area contributed by atoms with Crippen LogP contribution < -0.4 is 5.56 Å². The smallest absolute Gasteiger partial charge is 0.262 e. The van der Waals surface area contributed by atoms with E-state index in [2.05, 4.69) is 4.98 Å². The summed E-state index contributed by atoms with van der Waals surface area (Å²) in [6.07, 6.45) is 3.45. The van der Waals surface area contributed by atoms with E-state index in [1.165, 1.54) is 16.7 Å². The molecule has 26 heavy (non-hydrogen) atoms. The van der Waals surface area contributed by atoms with Gasteiger partial charge in [-0.1, -0.05) is 36.4 Å². The van der Waals surface area contributed by atoms with Gasteiger partial charge in [-0.15, -0.1) is 0 Å². The number of pyridine rings is 2. The van der Waals surface area contributed by atoms with Gasteiger partial charge in [-0.3, -0.25) is 14.3 Å². The van der Waals surface area contributed by atoms with Gasteiger partial charge in [0.2, 0.25) is 0 Å². The molecule has 0 atom stereocenters. The van der Waals surface area contributed by atoms with Crippen molar-refractivity contribution in [1.82, 2.24) is 9.55 Å². The minimum Gasteiger partial charge on any atom is -0.283 e. The van der Waals surface area contributed by atoms with Crippen molar-refractivity contribution in [3.05, 3.63) is 107 Å². The summed E-state index contributed by atoms with van der Waals surface area (Å²) in [5.41, 5.74) is 3.41. The second-order valence-corrected chi connectivity index (χ2v) is 5.88. The van der Waals surface area contributed by atoms with E-state index in [4.69, 9.17) is 0 Å². The van der Waals surface area contributed by atoms with Crippen LogP contribution in [-0.2, 0) is 0 Å². The maximum absolute atomic E-state index is 13.3. The van der Waals surface area contributed by atoms with E-state index in [-0.39, 0.29) is 11.4 Å². The molecule has 0 aliphatic rings. The lowest BCUT2D eigenvalue weighted by Crippen LogP contribution is -2.20. The highest BCUT2D eigenvalue weighted by Gasteiger charge is 2.12. The first-order valence-electron chi connectivity index (χ1n) is 8.22. The van der Waals surface area contributed by atoms with E-state index >= 15 is 0 Å². The van der Waals surface area contributed by atoms with E-state index in [9.17, 15) is 9.18 Å². The number of hydrogen-bond donors (Lipinski definition) is 0. The summed E-state index contributed by atoms with van der Waals surface area (Å²) < 4.78 is 14.8. The van der Waals surface area contributed by atoms with Crippen LogP contribution in [-0.4, -0.2) is 9.55 Å². The van der Waals surface area contributed by atoms with Crippen LogP contribution in [0.5, 0.6) is 0 Å². The van der Waals surface area contributed by atoms with Crippen molar-refractivity contribution in [2.45, 2.75) is 0 Å². The minimum atomic E-state index is -0.342. The lowest BCUT2D eigenvalue weighted by atomic mass is 10.0. The molecule has 0 saturated carbocycles. The number of aromatic nitrogens is 2. The lowest BCUT2D eigenvalue weighted by molar-refractivity contribution is 0.627. The van der Waals surface area contributed by atoms with E-state index in [0.29, 0.717) is 11.3 Å². The second kappa shape index (κ2) is 6.76. The van der Waals surface area contributed by atoms with Crippen molar-refractivity contribution < 1.29 is 4.39 Å². The highest BCUT2D eigenvalue weighted by atomic mass is 19.1. The highest BCUT2D eigenvalue weighted by molar-refractivity contribution is 5.70. The summed E-state index contributed by atoms with van der Waals surface area (Å²) in [6, 6.07) is 22.8. The first-order valence-corrected chi connectivity index (χ1v) is 8.22. The SMILES string of the molecule is O=c1c(-c2ccccc2)cc(-c2ccccn2)cn1-c1ccc(F)cc1. The van der Waals surface area contributed by atoms with Crippen LogP contribution in [0.25, 0.3) is 28.1 Å². The zero-order chi connectivity index (χ0) is 17.9. The molecule has 0 N–H and O–H groups in total. The van der Waals surface area contributed by atoms with E-state index in [1.807, 2.05) is 54.6 Å². The molecule has 0 fully saturated rings. The molecule has 0 bridgehead atoms. The van der Waals surface area contributed by atoms with Crippen molar-refractivity contribution in [2.24, 2.45) is 0 Å². The number of nitrogens with zero attached hydrogens (tertiary/aromatic N) is 2. The summed E-state index contributed by atoms with van der Waals surface area (Å²) in [5, 5.41) is 0. The Bertz CT molecular complexity index is 1090. The number of rotatable bonds is 3. The third kappa shape index (κ3) is 3.05. The van der Waals surface area contributed by atoms with Crippen LogP contribution in [0.2, 0.25) is 0 Å². The molecule has 0 saturated heterocycles. The molecule has 0 radical (unpaired) electrons. The first-order chi connectivity index (χ1) is 12.7. The summed E-state index contributed by atoms with van der Waals surface area (Å²) in [7, 11) is 0. The topological polar surface area (TPSA) is 34.9 Å². The van der Waals surface area contributed by atoms with Gasteiger partial charge in [-0.25, -0.2) is 4.39 Å². The van der Waals surface area contributed by atoms with Crippen molar-refractivity contribution in [3.8, 4) is 28.1 Å². The Balaban J connectivity index is 1.99. The van der Waals surface area contributed by atoms with Crippen LogP contribution in [0.4, 0.5) is 4.39 Å². The molecule has 4 heteroatoms. The Morgan fingerprint density at radius 3 is 2.23 bits per heavy atom. The van der Waals surface area contributed by atoms with Gasteiger partial charge in [0.1, 0.15) is 5.82 Å². The normalized spacial score (nSPS) is 10.7. The zero-order valence-electron chi connectivity index (χ0n) is 13.8. The molecule has 126 valence electrons. The number of halogens is 1. The molecule has 2 aromatic carbocycles. The van der Waals surface area contributed by atoms with Gasteiger partial charge in [0.15, 0.2) is 0 Å². The molecule has 3 nitrogen and oxygen atoms in total. The van der Waals surface area contributed by atoms with E-state index in [0.717, 1.165) is 16.8 Å². The van der Waals surface area contributed by atoms with Crippen LogP contribution in [0, 0.1) is 5.82 Å². The van der Waals surface area contributed by atoms with E-state index < -0.39 is 0 Å². The molecule has 2 heterocycles. The van der Waals surface area contributed by atoms with Crippen LogP contribution in [0.15, 0.2) is 96.1 Å². The molecule has 0 amide bonds. The average molecular weight is 342 g/mol. The molecular formula is C22H15FN2O. The standard InChI is InChI=1S/C22H15FN2O/c23-18-9-11-19(12-10-18)25-15-17(21-8-4-5-13-24-21)14-20(22(25)26)16-6-2-1-3-7-16/h1-15H. The van der Waals surface area contributed by atoms with Gasteiger partial charge in [0.05, 0.1) is 5.69 Å². The third-order valence-electron chi connectivity index (χ3n) is 4.17. The molecule has 0 aliphatic heterocycles. The predicted molar refractivity (Wildman–Crippen MR) is 101 cm³/mol. The van der Waals surface area contributed by atoms with Crippen LogP contribution in [0.1, 0.15) is 0 Å². The van der Waals surface area contributed by atoms with Crippen LogP contribution in [0.3, 0.4) is 0 Å². The van der Waals surface area contributed by atoms with Gasteiger partial charge < -0.3 is 0 Å². The fourth-order valence-corrected chi connectivity index (χ4v) is 2.87. The fourth-order valence-electron chi connectivity index (χ4n) is 2.87. The number of hydrogen-bond acceptors (Lipinski definition) is 2. The Hall–Kier alpha value is -3.53. The molecule has 4 aromatic rings. The fraction of sp³-hybridized carbons (Fsp3) is 0. The maximum atomic E-state index is 13.3. The molecule has 0 spiro atoms. The maximum Gasteiger partial charge on any atom is 0.262 e. The summed E-state index contributed by atoms with van der Waals surface area (Å²) in [6.45, 7) is 0. The summed E-state index contributed by atoms with van der Waals surface area (Å²) in [4.78, 5) is 17.5. The zero-order valence-corrected chi connectivity index (χ0v) is 13.8. The van der Waals surface area contributed by atoms with Crippen molar-refractivity contribution in [3.63, 3.8) is 0 Å². The quantitative estimate of drug-likeness (QED) is 0.541. The first kappa shape index (κ1) is 16.0. The summed E-state index contributed by atoms with van der Waals surface area (Å²) in [5.74, 6) is -0.342. The third-order valence-corrected chi connectivity index (χ3v) is 4.17. The average Bonchev–Trinajstić information content (AvgIpc) is 2.70. The lowest BCUT2D eigenvalue weighted by Gasteiger charge is -2.12. The van der Waals surface area contributed by atoms with Gasteiger partial charge in [-0.05, 0) is 48.0 Å². The van der Waals surface area contributed by atoms with Gasteiger partial charge in [0, 0.05) is 29.2 Å². The van der Waals surface area contributed by atoms with Crippen molar-refractivity contribution in [2.75, 3.05) is 0 Å². The monoisotopic (exact) mass is 342 g/mol. The highest BCUT2D eigenvalue weighted by Crippen LogP contribution is 2.23.